The lowest BCUT2D eigenvalue weighted by molar-refractivity contribution is -0.143. The van der Waals surface area contributed by atoms with Gasteiger partial charge < -0.3 is 14.8 Å². The fourth-order valence-corrected chi connectivity index (χ4v) is 8.64. The van der Waals surface area contributed by atoms with Crippen LogP contribution in [-0.4, -0.2) is 41.0 Å². The minimum Gasteiger partial charge on any atom is -0.372 e. The van der Waals surface area contributed by atoms with Crippen molar-refractivity contribution in [3.63, 3.8) is 0 Å². The Morgan fingerprint density at radius 2 is 1.46 bits per heavy atom. The first-order valence-electron chi connectivity index (χ1n) is 17.9. The minimum absolute atomic E-state index is 0.0613. The third kappa shape index (κ3) is 6.48. The van der Waals surface area contributed by atoms with Crippen LogP contribution in [0.3, 0.4) is 0 Å². The van der Waals surface area contributed by atoms with Gasteiger partial charge in [0, 0.05) is 42.8 Å². The summed E-state index contributed by atoms with van der Waals surface area (Å²) in [5, 5.41) is 3.31. The Morgan fingerprint density at radius 1 is 0.788 bits per heavy atom. The number of nitrogens with one attached hydrogen (secondary N) is 1. The van der Waals surface area contributed by atoms with E-state index in [1.807, 2.05) is 18.2 Å². The molecule has 3 atom stereocenters. The van der Waals surface area contributed by atoms with E-state index in [1.165, 1.54) is 11.1 Å². The van der Waals surface area contributed by atoms with Crippen LogP contribution in [-0.2, 0) is 18.9 Å². The first kappa shape index (κ1) is 34.4. The number of para-hydroxylation sites is 2. The number of hydrogen-bond acceptors (Lipinski definition) is 4. The van der Waals surface area contributed by atoms with E-state index in [-0.39, 0.29) is 12.0 Å². The predicted octanol–water partition coefficient (Wildman–Crippen LogP) is 9.59. The number of fused-ring (bicyclic) bond motifs is 4. The van der Waals surface area contributed by atoms with Gasteiger partial charge in [-0.3, -0.25) is 4.79 Å². The molecule has 0 saturated carbocycles. The number of hydrogen-bond donors (Lipinski definition) is 1. The van der Waals surface area contributed by atoms with Gasteiger partial charge in [0.2, 0.25) is 0 Å². The Labute approximate surface area is 297 Å². The van der Waals surface area contributed by atoms with Crippen LogP contribution in [0.2, 0.25) is 0 Å². The molecule has 1 N–H and O–H groups in total. The van der Waals surface area contributed by atoms with E-state index in [9.17, 15) is 31.1 Å². The molecule has 1 aromatic heterocycles. The van der Waals surface area contributed by atoms with Gasteiger partial charge in [-0.05, 0) is 97.3 Å². The zero-order chi connectivity index (χ0) is 36.2. The van der Waals surface area contributed by atoms with Crippen LogP contribution in [0.1, 0.15) is 87.9 Å². The van der Waals surface area contributed by atoms with Crippen LogP contribution >= 0.6 is 0 Å². The molecule has 270 valence electrons. The Hall–Kier alpha value is -4.64. The van der Waals surface area contributed by atoms with Gasteiger partial charge in [-0.1, -0.05) is 55.0 Å². The second-order valence-corrected chi connectivity index (χ2v) is 14.3. The summed E-state index contributed by atoms with van der Waals surface area (Å²) >= 11 is 0. The van der Waals surface area contributed by atoms with E-state index in [0.29, 0.717) is 36.6 Å². The molecular weight excluding hydrogens is 678 g/mol. The second kappa shape index (κ2) is 13.4. The molecule has 5 nitrogen and oxygen atoms in total. The maximum atomic E-state index is 14.0. The van der Waals surface area contributed by atoms with E-state index in [1.54, 1.807) is 12.1 Å². The molecule has 3 aliphatic heterocycles. The molecule has 5 aromatic rings. The monoisotopic (exact) mass is 716 g/mol. The Kier molecular flexibility index (Phi) is 8.88. The molecule has 11 heteroatoms. The average molecular weight is 717 g/mol. The highest BCUT2D eigenvalue weighted by molar-refractivity contribution is 6.02. The Bertz CT molecular complexity index is 2060. The summed E-state index contributed by atoms with van der Waals surface area (Å²) in [6, 6.07) is 25.1. The van der Waals surface area contributed by atoms with Crippen LogP contribution in [0.15, 0.2) is 91.0 Å². The van der Waals surface area contributed by atoms with Crippen LogP contribution < -0.4 is 10.2 Å². The summed E-state index contributed by atoms with van der Waals surface area (Å²) in [6.45, 7) is 3.02. The second-order valence-electron chi connectivity index (χ2n) is 14.3. The molecule has 0 amide bonds. The number of benzene rings is 4. The molecule has 8 rings (SSSR count). The lowest BCUT2D eigenvalue weighted by Gasteiger charge is -2.39. The van der Waals surface area contributed by atoms with E-state index in [4.69, 9.17) is 4.98 Å². The number of alkyl halides is 6. The highest BCUT2D eigenvalue weighted by atomic mass is 19.4. The quantitative estimate of drug-likeness (QED) is 0.141. The summed E-state index contributed by atoms with van der Waals surface area (Å²) in [7, 11) is 0. The zero-order valence-electron chi connectivity index (χ0n) is 28.4. The van der Waals surface area contributed by atoms with Crippen molar-refractivity contribution in [1.82, 2.24) is 14.9 Å². The summed E-state index contributed by atoms with van der Waals surface area (Å²) < 4.78 is 84.6. The Morgan fingerprint density at radius 3 is 2.13 bits per heavy atom. The number of rotatable bonds is 6. The van der Waals surface area contributed by atoms with Crippen LogP contribution in [0.5, 0.6) is 0 Å². The topological polar surface area (TPSA) is 50.2 Å². The molecule has 2 saturated heterocycles. The summed E-state index contributed by atoms with van der Waals surface area (Å²) in [4.78, 5) is 21.4. The van der Waals surface area contributed by atoms with Gasteiger partial charge >= 0.3 is 12.4 Å². The normalized spacial score (nSPS) is 20.4. The number of piperidine rings is 2. The van der Waals surface area contributed by atoms with Crippen molar-refractivity contribution in [3.05, 3.63) is 130 Å². The molecular formula is C41H38F6N4O. The van der Waals surface area contributed by atoms with Gasteiger partial charge in [0.1, 0.15) is 5.82 Å². The van der Waals surface area contributed by atoms with Crippen molar-refractivity contribution in [2.24, 2.45) is 5.92 Å². The molecule has 2 fully saturated rings. The molecule has 0 radical (unpaired) electrons. The van der Waals surface area contributed by atoms with E-state index in [0.717, 1.165) is 67.9 Å². The standard InChI is InChI=1S/C41H38F6N4O/c42-40(43,44)29-21-28(22-30(23-29)41(45,46)47)38(52)37(34-10-5-6-18-48-34)25-12-14-31(15-13-25)50-19-16-26(17-20-50)36-32-8-2-1-7-27(32)24-51-35-11-4-3-9-33(35)49-39(36)51/h1-4,7-9,11-15,21-23,26,34,36-37,48H,5-6,10,16-20,24H2. The van der Waals surface area contributed by atoms with Crippen molar-refractivity contribution in [2.75, 3.05) is 24.5 Å². The van der Waals surface area contributed by atoms with Crippen LogP contribution in [0.4, 0.5) is 32.0 Å². The fraction of sp³-hybridized carbons (Fsp3) is 0.366. The molecule has 4 heterocycles. The van der Waals surface area contributed by atoms with Crippen molar-refractivity contribution in [3.8, 4) is 0 Å². The molecule has 4 aromatic carbocycles. The Balaban J connectivity index is 1.04. The maximum absolute atomic E-state index is 14.0. The highest BCUT2D eigenvalue weighted by Gasteiger charge is 2.40. The van der Waals surface area contributed by atoms with E-state index in [2.05, 4.69) is 57.2 Å². The number of carbonyl (C=O) groups excluding carboxylic acids is 1. The van der Waals surface area contributed by atoms with Crippen LogP contribution in [0, 0.1) is 5.92 Å². The van der Waals surface area contributed by atoms with Crippen molar-refractivity contribution < 1.29 is 31.1 Å². The van der Waals surface area contributed by atoms with Gasteiger partial charge in [0.05, 0.1) is 28.1 Å². The summed E-state index contributed by atoms with van der Waals surface area (Å²) in [6.07, 6.45) is -5.96. The molecule has 52 heavy (non-hydrogen) atoms. The predicted molar refractivity (Wildman–Crippen MR) is 188 cm³/mol. The summed E-state index contributed by atoms with van der Waals surface area (Å²) in [5.74, 6) is -0.0530. The number of nitrogens with zero attached hydrogens (tertiary/aromatic N) is 3. The van der Waals surface area contributed by atoms with Crippen molar-refractivity contribution in [1.29, 1.82) is 0 Å². The van der Waals surface area contributed by atoms with Gasteiger partial charge in [0.15, 0.2) is 5.78 Å². The smallest absolute Gasteiger partial charge is 0.372 e. The molecule has 0 aliphatic carbocycles. The minimum atomic E-state index is -5.04. The van der Waals surface area contributed by atoms with Crippen LogP contribution in [0.25, 0.3) is 11.0 Å². The van der Waals surface area contributed by atoms with Gasteiger partial charge in [0.25, 0.3) is 0 Å². The molecule has 0 spiro atoms. The molecule has 3 aliphatic rings. The number of carbonyl (C=O) groups is 1. The van der Waals surface area contributed by atoms with Gasteiger partial charge in [-0.25, -0.2) is 4.98 Å². The number of ketones is 1. The largest absolute Gasteiger partial charge is 0.416 e. The lowest BCUT2D eigenvalue weighted by atomic mass is 9.76. The van der Waals surface area contributed by atoms with Crippen molar-refractivity contribution >= 4 is 22.5 Å². The number of Topliss-reactive ketones (excluding diaryl/α,β-unsaturated/α-hetero) is 1. The fourth-order valence-electron chi connectivity index (χ4n) is 8.64. The highest BCUT2D eigenvalue weighted by Crippen LogP contribution is 2.44. The maximum Gasteiger partial charge on any atom is 0.416 e. The number of imidazole rings is 1. The number of halogens is 6. The summed E-state index contributed by atoms with van der Waals surface area (Å²) in [5.41, 5.74) is 2.74. The first-order valence-corrected chi connectivity index (χ1v) is 17.9. The average Bonchev–Trinajstić information content (AvgIpc) is 3.52. The first-order chi connectivity index (χ1) is 25.0. The van der Waals surface area contributed by atoms with Gasteiger partial charge in [-0.15, -0.1) is 0 Å². The lowest BCUT2D eigenvalue weighted by Crippen LogP contribution is -2.42. The zero-order valence-corrected chi connectivity index (χ0v) is 28.4. The van der Waals surface area contributed by atoms with Gasteiger partial charge in [-0.2, -0.15) is 26.3 Å². The third-order valence-corrected chi connectivity index (χ3v) is 11.2. The van der Waals surface area contributed by atoms with E-state index >= 15 is 0 Å². The SMILES string of the molecule is O=C(c1cc(C(F)(F)F)cc(C(F)(F)F)c1)C(c1ccc(N2CCC(C3c4ccccc4Cn4c3nc3ccccc34)CC2)cc1)C1CCCCN1. The molecule has 3 unspecified atom stereocenters. The van der Waals surface area contributed by atoms with E-state index < -0.39 is 46.8 Å². The number of aromatic nitrogens is 2. The third-order valence-electron chi connectivity index (χ3n) is 11.2. The number of anilines is 1. The molecule has 0 bridgehead atoms. The van der Waals surface area contributed by atoms with Crippen molar-refractivity contribution in [2.45, 2.75) is 68.9 Å².